The molecule has 42 heavy (non-hydrogen) atoms. The number of phosphoric ester groups is 1. The van der Waals surface area contributed by atoms with Crippen LogP contribution >= 0.6 is 7.82 Å². The first kappa shape index (κ1) is 27.2. The number of anilines is 1. The molecule has 3 aliphatic rings. The summed E-state index contributed by atoms with van der Waals surface area (Å²) in [4.78, 5) is 55.2. The summed E-state index contributed by atoms with van der Waals surface area (Å²) in [7, 11) is -5.17. The van der Waals surface area contributed by atoms with Crippen LogP contribution in [0.15, 0.2) is 28.6 Å². The quantitative estimate of drug-likeness (QED) is 0.0922. The molecule has 224 valence electrons. The molecular formula is C20H22N9O12P. The highest BCUT2D eigenvalue weighted by Gasteiger charge is 2.79. The second-order valence-corrected chi connectivity index (χ2v) is 11.3. The monoisotopic (exact) mass is 611 g/mol. The number of phosphoric acid groups is 1. The van der Waals surface area contributed by atoms with Gasteiger partial charge in [-0.15, -0.1) is 0 Å². The maximum absolute atomic E-state index is 13.1. The lowest BCUT2D eigenvalue weighted by molar-refractivity contribution is -0.0970. The van der Waals surface area contributed by atoms with Gasteiger partial charge in [0.25, 0.3) is 11.1 Å². The van der Waals surface area contributed by atoms with Gasteiger partial charge in [-0.1, -0.05) is 0 Å². The first-order valence-corrected chi connectivity index (χ1v) is 13.8. The topological polar surface area (TPSA) is 308 Å². The SMILES string of the molecule is Nc1nc2c(ncn2[C@@H]2O[C@H](CO)[C@@H](O)[C@H]2OP(=O)(O)OC2[C@H]3O[C@@H](n4cnc5c(=O)[nH]cnc54)[C@H](O)[C@@]23O)c(=O)[nH]1. The van der Waals surface area contributed by atoms with Crippen molar-refractivity contribution >= 4 is 36.1 Å². The Labute approximate surface area is 230 Å². The Hall–Kier alpha value is -3.63. The van der Waals surface area contributed by atoms with E-state index in [0.29, 0.717) is 0 Å². The highest BCUT2D eigenvalue weighted by atomic mass is 31.2. The van der Waals surface area contributed by atoms with Crippen LogP contribution in [-0.2, 0) is 23.1 Å². The zero-order valence-electron chi connectivity index (χ0n) is 20.9. The smallest absolute Gasteiger partial charge is 0.394 e. The summed E-state index contributed by atoms with van der Waals surface area (Å²) in [6.45, 7) is -0.716. The largest absolute Gasteiger partial charge is 0.473 e. The summed E-state index contributed by atoms with van der Waals surface area (Å²) < 4.78 is 37.1. The van der Waals surface area contributed by atoms with Gasteiger partial charge in [-0.2, -0.15) is 4.98 Å². The number of aliphatic hydroxyl groups excluding tert-OH is 3. The van der Waals surface area contributed by atoms with Crippen LogP contribution in [0, 0.1) is 0 Å². The van der Waals surface area contributed by atoms with Gasteiger partial charge >= 0.3 is 7.82 Å². The van der Waals surface area contributed by atoms with E-state index in [1.165, 1.54) is 10.9 Å². The van der Waals surface area contributed by atoms with Crippen molar-refractivity contribution in [2.24, 2.45) is 0 Å². The average molecular weight is 611 g/mol. The predicted molar refractivity (Wildman–Crippen MR) is 132 cm³/mol. The van der Waals surface area contributed by atoms with Crippen LogP contribution in [0.5, 0.6) is 0 Å². The minimum Gasteiger partial charge on any atom is -0.394 e. The highest BCUT2D eigenvalue weighted by Crippen LogP contribution is 2.62. The van der Waals surface area contributed by atoms with Crippen molar-refractivity contribution in [1.82, 2.24) is 39.0 Å². The van der Waals surface area contributed by atoms with E-state index in [-0.39, 0.29) is 28.3 Å². The fraction of sp³-hybridized carbons (Fsp3) is 0.500. The number of aromatic amines is 2. The summed E-state index contributed by atoms with van der Waals surface area (Å²) in [5.41, 5.74) is 2.00. The number of rotatable bonds is 7. The fourth-order valence-corrected chi connectivity index (χ4v) is 6.52. The number of hydrogen-bond donors (Lipinski definition) is 8. The number of aromatic nitrogens is 8. The van der Waals surface area contributed by atoms with E-state index < -0.39 is 80.2 Å². The van der Waals surface area contributed by atoms with Gasteiger partial charge in [0.2, 0.25) is 5.95 Å². The predicted octanol–water partition coefficient (Wildman–Crippen LogP) is -4.04. The molecule has 2 unspecified atom stereocenters. The zero-order valence-corrected chi connectivity index (χ0v) is 21.8. The number of nitrogens with two attached hydrogens (primary N) is 1. The molecule has 6 heterocycles. The zero-order chi connectivity index (χ0) is 29.7. The Balaban J connectivity index is 1.11. The van der Waals surface area contributed by atoms with Gasteiger partial charge in [0.15, 0.2) is 40.4 Å². The fourth-order valence-electron chi connectivity index (χ4n) is 5.37. The van der Waals surface area contributed by atoms with Crippen LogP contribution in [-0.4, -0.2) is 113 Å². The minimum absolute atomic E-state index is 0.0387. The molecule has 4 aromatic heterocycles. The first-order chi connectivity index (χ1) is 19.9. The van der Waals surface area contributed by atoms with Crippen molar-refractivity contribution in [3.8, 4) is 0 Å². The standard InChI is InChI=1S/C20H22N9O12P/c21-19-26-14-7(16(34)27-19)25-4-29(14)17-9(8(31)5(1-30)38-17)40-42(36,37)41-12-11-20(12,35)10(32)18(39-11)28-3-24-6-13(28)22-2-23-15(6)33/h2-5,8-12,17-18,30-32,35H,1H2,(H,36,37)(H,22,23,33)(H3,21,26,27,34)/t5-,8-,9-,10+,11-,12?,17-,18-,20+/m1/s1. The number of fused-ring (bicyclic) bond motifs is 3. The van der Waals surface area contributed by atoms with Crippen LogP contribution in [0.1, 0.15) is 12.5 Å². The molecular weight excluding hydrogens is 589 g/mol. The van der Waals surface area contributed by atoms with Crippen molar-refractivity contribution in [2.45, 2.75) is 54.7 Å². The summed E-state index contributed by atoms with van der Waals surface area (Å²) in [5.74, 6) is -0.267. The Morgan fingerprint density at radius 2 is 1.74 bits per heavy atom. The molecule has 1 aliphatic carbocycles. The lowest BCUT2D eigenvalue weighted by Gasteiger charge is -2.26. The molecule has 3 fully saturated rings. The van der Waals surface area contributed by atoms with E-state index in [1.807, 2.05) is 0 Å². The van der Waals surface area contributed by atoms with Gasteiger partial charge in [0, 0.05) is 0 Å². The molecule has 2 aliphatic heterocycles. The summed E-state index contributed by atoms with van der Waals surface area (Å²) in [5, 5.41) is 42.3. The third kappa shape index (κ3) is 3.87. The molecule has 1 saturated carbocycles. The van der Waals surface area contributed by atoms with E-state index in [4.69, 9.17) is 24.3 Å². The van der Waals surface area contributed by atoms with Crippen molar-refractivity contribution < 1.29 is 48.4 Å². The van der Waals surface area contributed by atoms with Crippen LogP contribution in [0.2, 0.25) is 0 Å². The van der Waals surface area contributed by atoms with Gasteiger partial charge in [-0.05, 0) is 0 Å². The molecule has 0 radical (unpaired) electrons. The second-order valence-electron chi connectivity index (χ2n) is 9.91. The maximum Gasteiger partial charge on any atom is 0.473 e. The lowest BCUT2D eigenvalue weighted by atomic mass is 10.1. The third-order valence-electron chi connectivity index (χ3n) is 7.47. The van der Waals surface area contributed by atoms with Crippen molar-refractivity contribution in [2.75, 3.05) is 12.3 Å². The second kappa shape index (κ2) is 9.18. The van der Waals surface area contributed by atoms with Gasteiger partial charge in [0.1, 0.15) is 36.6 Å². The number of imidazole rings is 2. The first-order valence-electron chi connectivity index (χ1n) is 12.3. The van der Waals surface area contributed by atoms with Gasteiger partial charge in [0.05, 0.1) is 25.6 Å². The molecule has 2 saturated heterocycles. The summed E-state index contributed by atoms with van der Waals surface area (Å²) in [6.07, 6.45) is -8.54. The Kier molecular flexibility index (Phi) is 5.95. The van der Waals surface area contributed by atoms with E-state index in [0.717, 1.165) is 17.2 Å². The Bertz CT molecular complexity index is 1870. The highest BCUT2D eigenvalue weighted by molar-refractivity contribution is 7.47. The molecule has 0 aromatic carbocycles. The molecule has 0 spiro atoms. The van der Waals surface area contributed by atoms with E-state index in [9.17, 15) is 39.5 Å². The number of nitrogen functional groups attached to an aromatic ring is 1. The molecule has 0 bridgehead atoms. The average Bonchev–Trinajstić information content (AvgIpc) is 3.45. The lowest BCUT2D eigenvalue weighted by Crippen LogP contribution is -2.38. The van der Waals surface area contributed by atoms with E-state index in [1.54, 1.807) is 0 Å². The number of aliphatic hydroxyl groups is 4. The van der Waals surface area contributed by atoms with Crippen molar-refractivity contribution in [3.63, 3.8) is 0 Å². The molecule has 9 N–H and O–H groups in total. The maximum atomic E-state index is 13.1. The van der Waals surface area contributed by atoms with Crippen molar-refractivity contribution in [1.29, 1.82) is 0 Å². The molecule has 7 rings (SSSR count). The molecule has 4 aromatic rings. The Morgan fingerprint density at radius 3 is 2.40 bits per heavy atom. The number of nitrogens with one attached hydrogen (secondary N) is 2. The van der Waals surface area contributed by atoms with Gasteiger partial charge in [-0.3, -0.25) is 32.8 Å². The van der Waals surface area contributed by atoms with Crippen LogP contribution in [0.25, 0.3) is 22.3 Å². The number of hydrogen-bond acceptors (Lipinski definition) is 16. The number of H-pyrrole nitrogens is 2. The van der Waals surface area contributed by atoms with Crippen LogP contribution in [0.4, 0.5) is 5.95 Å². The minimum atomic E-state index is -5.17. The van der Waals surface area contributed by atoms with E-state index >= 15 is 0 Å². The normalized spacial score (nSPS) is 35.5. The third-order valence-corrected chi connectivity index (χ3v) is 8.47. The number of nitrogens with zero attached hydrogens (tertiary/aromatic N) is 6. The number of ether oxygens (including phenoxy) is 2. The van der Waals surface area contributed by atoms with Gasteiger partial charge in [-0.25, -0.2) is 19.5 Å². The molecule has 10 atom stereocenters. The van der Waals surface area contributed by atoms with Crippen molar-refractivity contribution in [3.05, 3.63) is 39.7 Å². The summed E-state index contributed by atoms with van der Waals surface area (Å²) in [6, 6.07) is 0. The van der Waals surface area contributed by atoms with Crippen LogP contribution < -0.4 is 16.9 Å². The molecule has 21 nitrogen and oxygen atoms in total. The molecule has 0 amide bonds. The van der Waals surface area contributed by atoms with Crippen LogP contribution in [0.3, 0.4) is 0 Å². The van der Waals surface area contributed by atoms with E-state index in [2.05, 4.69) is 29.9 Å². The molecule has 22 heteroatoms. The Morgan fingerprint density at radius 1 is 1.05 bits per heavy atom. The summed E-state index contributed by atoms with van der Waals surface area (Å²) >= 11 is 0. The van der Waals surface area contributed by atoms with Gasteiger partial charge < -0.3 is 45.5 Å².